The molecule has 0 N–H and O–H groups in total. The lowest BCUT2D eigenvalue weighted by Crippen LogP contribution is -2.03. The zero-order chi connectivity index (χ0) is 10.8. The van der Waals surface area contributed by atoms with Crippen molar-refractivity contribution in [2.45, 2.75) is 39.0 Å². The maximum Gasteiger partial charge on any atom is 0.305 e. The van der Waals surface area contributed by atoms with Crippen LogP contribution in [0.25, 0.3) is 0 Å². The second-order valence-electron chi connectivity index (χ2n) is 3.04. The second kappa shape index (κ2) is 9.00. The van der Waals surface area contributed by atoms with Gasteiger partial charge in [0.05, 0.1) is 12.5 Å². The van der Waals surface area contributed by atoms with E-state index in [2.05, 4.69) is 0 Å². The molecule has 14 heavy (non-hydrogen) atoms. The molecule has 0 saturated heterocycles. The summed E-state index contributed by atoms with van der Waals surface area (Å²) in [4.78, 5) is 21.7. The summed E-state index contributed by atoms with van der Waals surface area (Å²) < 4.78 is 4.76. The van der Waals surface area contributed by atoms with Crippen LogP contribution in [-0.2, 0) is 14.3 Å². The summed E-state index contributed by atoms with van der Waals surface area (Å²) in [6.07, 6.45) is 3.44. The van der Waals surface area contributed by atoms with Crippen molar-refractivity contribution in [1.29, 1.82) is 0 Å². The van der Waals surface area contributed by atoms with E-state index >= 15 is 0 Å². The van der Waals surface area contributed by atoms with Gasteiger partial charge in [0.2, 0.25) is 0 Å². The van der Waals surface area contributed by atoms with Crippen LogP contribution in [0.4, 0.5) is 0 Å². The largest absolute Gasteiger partial charge is 0.466 e. The fraction of sp³-hybridized carbons (Fsp3) is 0.800. The molecule has 0 aliphatic rings. The van der Waals surface area contributed by atoms with Crippen molar-refractivity contribution in [3.05, 3.63) is 0 Å². The van der Waals surface area contributed by atoms with E-state index in [0.717, 1.165) is 19.3 Å². The first kappa shape index (κ1) is 13.4. The van der Waals surface area contributed by atoms with E-state index in [9.17, 15) is 9.59 Å². The molecule has 0 aromatic rings. The predicted molar refractivity (Wildman–Crippen MR) is 55.4 cm³/mol. The van der Waals surface area contributed by atoms with Crippen LogP contribution in [0.15, 0.2) is 0 Å². The number of hydrogen-bond donors (Lipinski definition) is 0. The number of hydrogen-bond acceptors (Lipinski definition) is 3. The number of unbranched alkanes of at least 4 members (excludes halogenated alkanes) is 2. The van der Waals surface area contributed by atoms with Crippen molar-refractivity contribution in [1.82, 2.24) is 0 Å². The Balaban J connectivity index is 3.21. The minimum Gasteiger partial charge on any atom is -0.466 e. The van der Waals surface area contributed by atoms with Gasteiger partial charge in [0.25, 0.3) is 0 Å². The molecule has 3 nitrogen and oxygen atoms in total. The number of alkyl halides is 1. The molecule has 0 spiro atoms. The van der Waals surface area contributed by atoms with Gasteiger partial charge in [-0.15, -0.1) is 11.6 Å². The number of ketones is 1. The predicted octanol–water partition coefficient (Wildman–Crippen LogP) is 2.31. The molecule has 0 aromatic heterocycles. The first-order chi connectivity index (χ1) is 6.70. The molecular weight excluding hydrogens is 204 g/mol. The molecule has 0 bridgehead atoms. The lowest BCUT2D eigenvalue weighted by Gasteiger charge is -2.01. The molecule has 0 radical (unpaired) electrons. The van der Waals surface area contributed by atoms with Gasteiger partial charge in [-0.2, -0.15) is 0 Å². The maximum absolute atomic E-state index is 10.9. The highest BCUT2D eigenvalue weighted by atomic mass is 35.5. The molecule has 0 amide bonds. The Morgan fingerprint density at radius 2 is 1.79 bits per heavy atom. The van der Waals surface area contributed by atoms with E-state index in [0.29, 0.717) is 19.4 Å². The van der Waals surface area contributed by atoms with Gasteiger partial charge in [0.15, 0.2) is 0 Å². The van der Waals surface area contributed by atoms with Crippen LogP contribution in [0.5, 0.6) is 0 Å². The van der Waals surface area contributed by atoms with Gasteiger partial charge in [-0.05, 0) is 19.8 Å². The number of Topliss-reactive ketones (excluding diaryl/α,β-unsaturated/α-hetero) is 1. The molecule has 0 atom stereocenters. The Morgan fingerprint density at radius 3 is 2.36 bits per heavy atom. The fourth-order valence-corrected chi connectivity index (χ4v) is 1.20. The minimum atomic E-state index is -0.156. The molecular formula is C10H17ClO3. The van der Waals surface area contributed by atoms with Gasteiger partial charge in [0, 0.05) is 12.8 Å². The van der Waals surface area contributed by atoms with Crippen molar-refractivity contribution < 1.29 is 14.3 Å². The van der Waals surface area contributed by atoms with Crippen molar-refractivity contribution in [2.75, 3.05) is 12.5 Å². The van der Waals surface area contributed by atoms with E-state index in [1.54, 1.807) is 6.92 Å². The molecule has 0 rings (SSSR count). The van der Waals surface area contributed by atoms with Crippen molar-refractivity contribution >= 4 is 23.4 Å². The Bertz CT molecular complexity index is 180. The quantitative estimate of drug-likeness (QED) is 0.358. The highest BCUT2D eigenvalue weighted by Crippen LogP contribution is 2.05. The molecule has 4 heteroatoms. The minimum absolute atomic E-state index is 0.0720. The summed E-state index contributed by atoms with van der Waals surface area (Å²) >= 11 is 5.33. The van der Waals surface area contributed by atoms with Crippen LogP contribution in [0.3, 0.4) is 0 Å². The van der Waals surface area contributed by atoms with Crippen LogP contribution >= 0.6 is 11.6 Å². The Hall–Kier alpha value is -0.570. The zero-order valence-corrected chi connectivity index (χ0v) is 9.31. The standard InChI is InChI=1S/C10H17ClO3/c1-2-14-10(13)7-5-3-4-6-9(12)8-11/h2-8H2,1H3. The number of carbonyl (C=O) groups excluding carboxylic acids is 2. The van der Waals surface area contributed by atoms with E-state index < -0.39 is 0 Å². The summed E-state index contributed by atoms with van der Waals surface area (Å²) in [5.41, 5.74) is 0. The first-order valence-electron chi connectivity index (χ1n) is 4.94. The molecule has 0 unspecified atom stereocenters. The SMILES string of the molecule is CCOC(=O)CCCCCC(=O)CCl. The van der Waals surface area contributed by atoms with Crippen LogP contribution in [0.2, 0.25) is 0 Å². The fourth-order valence-electron chi connectivity index (χ4n) is 1.07. The zero-order valence-electron chi connectivity index (χ0n) is 8.55. The average Bonchev–Trinajstić information content (AvgIpc) is 2.17. The first-order valence-corrected chi connectivity index (χ1v) is 5.47. The molecule has 0 heterocycles. The smallest absolute Gasteiger partial charge is 0.305 e. The molecule has 82 valence electrons. The summed E-state index contributed by atoms with van der Waals surface area (Å²) in [5.74, 6) is 0.0108. The number of esters is 1. The van der Waals surface area contributed by atoms with Crippen LogP contribution in [0, 0.1) is 0 Å². The van der Waals surface area contributed by atoms with Crippen molar-refractivity contribution in [3.63, 3.8) is 0 Å². The Labute approximate surface area is 89.8 Å². The molecule has 0 aliphatic carbocycles. The van der Waals surface area contributed by atoms with Crippen LogP contribution in [0.1, 0.15) is 39.0 Å². The third-order valence-electron chi connectivity index (χ3n) is 1.79. The van der Waals surface area contributed by atoms with E-state index in [4.69, 9.17) is 16.3 Å². The normalized spacial score (nSPS) is 9.86. The third-order valence-corrected chi connectivity index (χ3v) is 2.09. The summed E-state index contributed by atoms with van der Waals surface area (Å²) in [6.45, 7) is 2.22. The lowest BCUT2D eigenvalue weighted by molar-refractivity contribution is -0.143. The average molecular weight is 221 g/mol. The molecule has 0 aromatic carbocycles. The lowest BCUT2D eigenvalue weighted by atomic mass is 10.1. The van der Waals surface area contributed by atoms with E-state index in [1.807, 2.05) is 0 Å². The summed E-state index contributed by atoms with van der Waals surface area (Å²) in [7, 11) is 0. The number of ether oxygens (including phenoxy) is 1. The number of rotatable bonds is 8. The van der Waals surface area contributed by atoms with Gasteiger partial charge >= 0.3 is 5.97 Å². The van der Waals surface area contributed by atoms with Crippen molar-refractivity contribution in [3.8, 4) is 0 Å². The Morgan fingerprint density at radius 1 is 1.14 bits per heavy atom. The number of carbonyl (C=O) groups is 2. The highest BCUT2D eigenvalue weighted by Gasteiger charge is 2.02. The van der Waals surface area contributed by atoms with Crippen molar-refractivity contribution in [2.24, 2.45) is 0 Å². The van der Waals surface area contributed by atoms with Gasteiger partial charge in [-0.1, -0.05) is 6.42 Å². The van der Waals surface area contributed by atoms with E-state index in [1.165, 1.54) is 0 Å². The monoisotopic (exact) mass is 220 g/mol. The van der Waals surface area contributed by atoms with Gasteiger partial charge in [-0.3, -0.25) is 9.59 Å². The molecule has 0 aliphatic heterocycles. The number of halogens is 1. The third kappa shape index (κ3) is 8.05. The molecule has 0 saturated carbocycles. The van der Waals surface area contributed by atoms with E-state index in [-0.39, 0.29) is 17.6 Å². The Kier molecular flexibility index (Phi) is 8.64. The van der Waals surface area contributed by atoms with Crippen LogP contribution < -0.4 is 0 Å². The topological polar surface area (TPSA) is 43.4 Å². The van der Waals surface area contributed by atoms with Gasteiger partial charge in [-0.25, -0.2) is 0 Å². The maximum atomic E-state index is 10.9. The second-order valence-corrected chi connectivity index (χ2v) is 3.31. The van der Waals surface area contributed by atoms with Crippen LogP contribution in [-0.4, -0.2) is 24.2 Å². The van der Waals surface area contributed by atoms with Gasteiger partial charge in [0.1, 0.15) is 5.78 Å². The summed E-state index contributed by atoms with van der Waals surface area (Å²) in [6, 6.07) is 0. The highest BCUT2D eigenvalue weighted by molar-refractivity contribution is 6.27. The summed E-state index contributed by atoms with van der Waals surface area (Å²) in [5, 5.41) is 0. The van der Waals surface area contributed by atoms with Gasteiger partial charge < -0.3 is 4.74 Å². The molecule has 0 fully saturated rings.